The van der Waals surface area contributed by atoms with Gasteiger partial charge in [-0.05, 0) is 18.9 Å². The van der Waals surface area contributed by atoms with Crippen LogP contribution in [0.15, 0.2) is 17.2 Å². The molecule has 0 atom stereocenters. The minimum absolute atomic E-state index is 0.0671. The summed E-state index contributed by atoms with van der Waals surface area (Å²) >= 11 is 0. The summed E-state index contributed by atoms with van der Waals surface area (Å²) in [5.74, 6) is 0. The summed E-state index contributed by atoms with van der Waals surface area (Å²) in [6.45, 7) is -0.182. The zero-order chi connectivity index (χ0) is 11.6. The predicted octanol–water partition coefficient (Wildman–Crippen LogP) is 0.728. The van der Waals surface area contributed by atoms with Gasteiger partial charge in [-0.25, -0.2) is 13.1 Å². The van der Waals surface area contributed by atoms with Gasteiger partial charge in [-0.2, -0.15) is 0 Å². The van der Waals surface area contributed by atoms with Crippen molar-refractivity contribution in [3.05, 3.63) is 18.0 Å². The molecule has 16 heavy (non-hydrogen) atoms. The smallest absolute Gasteiger partial charge is 0.242 e. The Balaban J connectivity index is 2.11. The van der Waals surface area contributed by atoms with Crippen molar-refractivity contribution < 1.29 is 13.5 Å². The van der Waals surface area contributed by atoms with Gasteiger partial charge in [0, 0.05) is 17.9 Å². The molecule has 1 aliphatic rings. The second-order valence-corrected chi connectivity index (χ2v) is 5.84. The molecule has 2 rings (SSSR count). The molecule has 6 heteroatoms. The third kappa shape index (κ3) is 2.45. The van der Waals surface area contributed by atoms with Crippen molar-refractivity contribution in [3.63, 3.8) is 0 Å². The van der Waals surface area contributed by atoms with Gasteiger partial charge in [0.25, 0.3) is 0 Å². The average Bonchev–Trinajstić information content (AvgIpc) is 2.85. The van der Waals surface area contributed by atoms with Gasteiger partial charge in [-0.1, -0.05) is 12.8 Å². The van der Waals surface area contributed by atoms with E-state index in [0.29, 0.717) is 5.69 Å². The van der Waals surface area contributed by atoms with Crippen molar-refractivity contribution in [3.8, 4) is 0 Å². The number of sulfonamides is 1. The van der Waals surface area contributed by atoms with Crippen LogP contribution in [0.25, 0.3) is 0 Å². The van der Waals surface area contributed by atoms with Crippen LogP contribution in [0, 0.1) is 0 Å². The van der Waals surface area contributed by atoms with Crippen molar-refractivity contribution in [2.75, 3.05) is 0 Å². The van der Waals surface area contributed by atoms with E-state index in [1.807, 2.05) is 0 Å². The van der Waals surface area contributed by atoms with Crippen LogP contribution in [0.4, 0.5) is 0 Å². The second kappa shape index (κ2) is 4.57. The molecule has 0 amide bonds. The number of aromatic amines is 1. The fourth-order valence-corrected chi connectivity index (χ4v) is 3.32. The van der Waals surface area contributed by atoms with Gasteiger partial charge >= 0.3 is 0 Å². The van der Waals surface area contributed by atoms with Crippen LogP contribution in [0.3, 0.4) is 0 Å². The van der Waals surface area contributed by atoms with E-state index in [-0.39, 0.29) is 17.5 Å². The maximum absolute atomic E-state index is 11.9. The molecule has 1 fully saturated rings. The summed E-state index contributed by atoms with van der Waals surface area (Å²) < 4.78 is 26.5. The number of hydrogen-bond donors (Lipinski definition) is 3. The molecule has 1 heterocycles. The van der Waals surface area contributed by atoms with Crippen LogP contribution in [-0.4, -0.2) is 24.6 Å². The van der Waals surface area contributed by atoms with Crippen molar-refractivity contribution in [1.29, 1.82) is 0 Å². The Hall–Kier alpha value is -0.850. The van der Waals surface area contributed by atoms with E-state index in [0.717, 1.165) is 25.7 Å². The van der Waals surface area contributed by atoms with Crippen LogP contribution in [0.1, 0.15) is 31.4 Å². The molecule has 90 valence electrons. The fourth-order valence-electron chi connectivity index (χ4n) is 2.00. The van der Waals surface area contributed by atoms with Gasteiger partial charge in [0.2, 0.25) is 10.0 Å². The van der Waals surface area contributed by atoms with Gasteiger partial charge in [0.1, 0.15) is 0 Å². The molecule has 0 unspecified atom stereocenters. The minimum Gasteiger partial charge on any atom is -0.390 e. The predicted molar refractivity (Wildman–Crippen MR) is 59.3 cm³/mol. The molecule has 5 nitrogen and oxygen atoms in total. The van der Waals surface area contributed by atoms with Crippen molar-refractivity contribution in [2.45, 2.75) is 43.2 Å². The molecule has 1 aromatic rings. The lowest BCUT2D eigenvalue weighted by Crippen LogP contribution is -2.32. The standard InChI is InChI=1S/C10H16N2O3S/c13-7-9-5-10(6-11-9)16(14,15)12-8-3-1-2-4-8/h5-6,8,11-13H,1-4,7H2. The van der Waals surface area contributed by atoms with Crippen molar-refractivity contribution in [1.82, 2.24) is 9.71 Å². The Morgan fingerprint density at radius 3 is 2.69 bits per heavy atom. The summed E-state index contributed by atoms with van der Waals surface area (Å²) in [5, 5.41) is 8.85. The first-order valence-corrected chi connectivity index (χ1v) is 6.90. The molecule has 0 saturated heterocycles. The first-order valence-electron chi connectivity index (χ1n) is 5.42. The van der Waals surface area contributed by atoms with E-state index < -0.39 is 10.0 Å². The highest BCUT2D eigenvalue weighted by molar-refractivity contribution is 7.89. The Bertz CT molecular complexity index is 446. The summed E-state index contributed by atoms with van der Waals surface area (Å²) in [4.78, 5) is 2.91. The first-order chi connectivity index (χ1) is 7.62. The molecular formula is C10H16N2O3S. The monoisotopic (exact) mass is 244 g/mol. The number of aliphatic hydroxyl groups excluding tert-OH is 1. The van der Waals surface area contributed by atoms with E-state index in [1.165, 1.54) is 12.3 Å². The molecular weight excluding hydrogens is 228 g/mol. The number of H-pyrrole nitrogens is 1. The van der Waals surface area contributed by atoms with E-state index >= 15 is 0 Å². The summed E-state index contributed by atoms with van der Waals surface area (Å²) in [7, 11) is -3.43. The van der Waals surface area contributed by atoms with Gasteiger partial charge in [0.05, 0.1) is 11.5 Å². The maximum atomic E-state index is 11.9. The van der Waals surface area contributed by atoms with Crippen LogP contribution < -0.4 is 4.72 Å². The molecule has 0 radical (unpaired) electrons. The lowest BCUT2D eigenvalue weighted by atomic mass is 10.3. The summed E-state index contributed by atoms with van der Waals surface area (Å²) in [5.41, 5.74) is 0.506. The van der Waals surface area contributed by atoms with Gasteiger partial charge in [-0.15, -0.1) is 0 Å². The van der Waals surface area contributed by atoms with Crippen LogP contribution in [0.5, 0.6) is 0 Å². The molecule has 0 aromatic carbocycles. The first kappa shape index (κ1) is 11.6. The van der Waals surface area contributed by atoms with Crippen LogP contribution in [-0.2, 0) is 16.6 Å². The number of nitrogens with one attached hydrogen (secondary N) is 2. The zero-order valence-corrected chi connectivity index (χ0v) is 9.76. The summed E-state index contributed by atoms with van der Waals surface area (Å²) in [6, 6.07) is 1.52. The van der Waals surface area contributed by atoms with E-state index in [9.17, 15) is 8.42 Å². The third-order valence-electron chi connectivity index (χ3n) is 2.87. The van der Waals surface area contributed by atoms with E-state index in [2.05, 4.69) is 9.71 Å². The van der Waals surface area contributed by atoms with Crippen molar-refractivity contribution >= 4 is 10.0 Å². The highest BCUT2D eigenvalue weighted by Crippen LogP contribution is 2.20. The average molecular weight is 244 g/mol. The molecule has 0 spiro atoms. The largest absolute Gasteiger partial charge is 0.390 e. The maximum Gasteiger partial charge on any atom is 0.242 e. The lowest BCUT2D eigenvalue weighted by Gasteiger charge is -2.10. The van der Waals surface area contributed by atoms with Crippen LogP contribution >= 0.6 is 0 Å². The van der Waals surface area contributed by atoms with Crippen molar-refractivity contribution in [2.24, 2.45) is 0 Å². The van der Waals surface area contributed by atoms with E-state index in [1.54, 1.807) is 0 Å². The SMILES string of the molecule is O=S(=O)(NC1CCCC1)c1c[nH]c(CO)c1. The highest BCUT2D eigenvalue weighted by Gasteiger charge is 2.23. The molecule has 1 saturated carbocycles. The second-order valence-electron chi connectivity index (χ2n) is 4.12. The van der Waals surface area contributed by atoms with E-state index in [4.69, 9.17) is 5.11 Å². The molecule has 0 bridgehead atoms. The number of aliphatic hydroxyl groups is 1. The minimum atomic E-state index is -3.43. The molecule has 0 aliphatic heterocycles. The molecule has 1 aromatic heterocycles. The topological polar surface area (TPSA) is 82.2 Å². The van der Waals surface area contributed by atoms with Gasteiger partial charge < -0.3 is 10.1 Å². The molecule has 1 aliphatic carbocycles. The Kier molecular flexibility index (Phi) is 3.32. The lowest BCUT2D eigenvalue weighted by molar-refractivity contribution is 0.277. The number of aromatic nitrogens is 1. The number of hydrogen-bond acceptors (Lipinski definition) is 3. The quantitative estimate of drug-likeness (QED) is 0.730. The highest BCUT2D eigenvalue weighted by atomic mass is 32.2. The zero-order valence-electron chi connectivity index (χ0n) is 8.94. The van der Waals surface area contributed by atoms with Gasteiger partial charge in [-0.3, -0.25) is 0 Å². The van der Waals surface area contributed by atoms with Crippen LogP contribution in [0.2, 0.25) is 0 Å². The third-order valence-corrected chi connectivity index (χ3v) is 4.37. The number of rotatable bonds is 4. The summed E-state index contributed by atoms with van der Waals surface area (Å²) in [6.07, 6.45) is 5.40. The Labute approximate surface area is 94.9 Å². The van der Waals surface area contributed by atoms with Gasteiger partial charge in [0.15, 0.2) is 0 Å². The Morgan fingerprint density at radius 2 is 2.12 bits per heavy atom. The Morgan fingerprint density at radius 1 is 1.44 bits per heavy atom. The fraction of sp³-hybridized carbons (Fsp3) is 0.600. The molecule has 3 N–H and O–H groups in total. The normalized spacial score (nSPS) is 18.1.